The van der Waals surface area contributed by atoms with Gasteiger partial charge in [-0.1, -0.05) is 6.92 Å². The van der Waals surface area contributed by atoms with Crippen molar-refractivity contribution in [3.63, 3.8) is 0 Å². The molecule has 2 N–H and O–H groups in total. The van der Waals surface area contributed by atoms with E-state index in [1.165, 1.54) is 0 Å². The van der Waals surface area contributed by atoms with Crippen LogP contribution < -0.4 is 5.14 Å². The van der Waals surface area contributed by atoms with Gasteiger partial charge in [0.05, 0.1) is 4.90 Å². The highest BCUT2D eigenvalue weighted by molar-refractivity contribution is 7.89. The average molecular weight is 324 g/mol. The summed E-state index contributed by atoms with van der Waals surface area (Å²) in [5, 5.41) is 4.90. The molecule has 0 saturated heterocycles. The number of hydrogen-bond donors (Lipinski definition) is 1. The molecule has 9 heteroatoms. The molecule has 1 aromatic carbocycles. The summed E-state index contributed by atoms with van der Waals surface area (Å²) < 4.78 is 59.5. The summed E-state index contributed by atoms with van der Waals surface area (Å²) in [5.41, 5.74) is -0.0277. The third kappa shape index (κ3) is 5.35. The van der Waals surface area contributed by atoms with Crippen LogP contribution in [0.2, 0.25) is 0 Å². The number of carbonyl (C=O) groups excluding carboxylic acids is 1. The minimum absolute atomic E-state index is 0.0277. The molecule has 1 rings (SSSR count). The van der Waals surface area contributed by atoms with Gasteiger partial charge in [0, 0.05) is 12.1 Å². The van der Waals surface area contributed by atoms with Gasteiger partial charge in [-0.15, -0.1) is 0 Å². The molecule has 1 aromatic rings. The Bertz CT molecular complexity index is 597. The lowest BCUT2D eigenvalue weighted by atomic mass is 10.2. The molecule has 0 radical (unpaired) electrons. The van der Waals surface area contributed by atoms with Crippen molar-refractivity contribution in [1.82, 2.24) is 4.90 Å². The second-order valence-corrected chi connectivity index (χ2v) is 5.97. The van der Waals surface area contributed by atoms with Crippen LogP contribution in [0.15, 0.2) is 29.2 Å². The molecule has 118 valence electrons. The Morgan fingerprint density at radius 1 is 1.24 bits per heavy atom. The zero-order chi connectivity index (χ0) is 16.3. The van der Waals surface area contributed by atoms with Crippen LogP contribution in [-0.4, -0.2) is 38.5 Å². The number of nitrogens with zero attached hydrogens (tertiary/aromatic N) is 1. The predicted octanol–water partition coefficient (Wildman–Crippen LogP) is 1.75. The topological polar surface area (TPSA) is 80.5 Å². The SMILES string of the molecule is CCCN(CC(F)(F)F)C(=O)c1ccc(S(N)(=O)=O)cc1. The van der Waals surface area contributed by atoms with Crippen LogP contribution in [0, 0.1) is 0 Å². The highest BCUT2D eigenvalue weighted by Gasteiger charge is 2.33. The van der Waals surface area contributed by atoms with Gasteiger partial charge in [0.25, 0.3) is 5.91 Å². The number of carbonyl (C=O) groups is 1. The molecular weight excluding hydrogens is 309 g/mol. The number of primary sulfonamides is 1. The minimum atomic E-state index is -4.49. The highest BCUT2D eigenvalue weighted by Crippen LogP contribution is 2.19. The Hall–Kier alpha value is -1.61. The lowest BCUT2D eigenvalue weighted by molar-refractivity contribution is -0.140. The van der Waals surface area contributed by atoms with E-state index in [4.69, 9.17) is 5.14 Å². The zero-order valence-electron chi connectivity index (χ0n) is 11.2. The molecule has 0 aromatic heterocycles. The fourth-order valence-electron chi connectivity index (χ4n) is 1.71. The lowest BCUT2D eigenvalue weighted by Crippen LogP contribution is -2.39. The van der Waals surface area contributed by atoms with Crippen LogP contribution >= 0.6 is 0 Å². The number of benzene rings is 1. The van der Waals surface area contributed by atoms with Crippen molar-refractivity contribution >= 4 is 15.9 Å². The number of amides is 1. The molecule has 0 aliphatic rings. The van der Waals surface area contributed by atoms with Gasteiger partial charge in [-0.2, -0.15) is 13.2 Å². The Morgan fingerprint density at radius 3 is 2.14 bits per heavy atom. The van der Waals surface area contributed by atoms with Crippen molar-refractivity contribution in [2.45, 2.75) is 24.4 Å². The molecule has 0 spiro atoms. The van der Waals surface area contributed by atoms with Crippen LogP contribution in [-0.2, 0) is 10.0 Å². The second-order valence-electron chi connectivity index (χ2n) is 4.41. The van der Waals surface area contributed by atoms with Crippen molar-refractivity contribution in [1.29, 1.82) is 0 Å². The molecule has 0 saturated carbocycles. The van der Waals surface area contributed by atoms with Crippen molar-refractivity contribution in [2.24, 2.45) is 5.14 Å². The quantitative estimate of drug-likeness (QED) is 0.896. The maximum Gasteiger partial charge on any atom is 0.406 e. The number of nitrogens with two attached hydrogens (primary N) is 1. The van der Waals surface area contributed by atoms with Gasteiger partial charge in [0.2, 0.25) is 10.0 Å². The smallest absolute Gasteiger partial charge is 0.330 e. The van der Waals surface area contributed by atoms with Crippen LogP contribution in [0.5, 0.6) is 0 Å². The van der Waals surface area contributed by atoms with E-state index in [0.717, 1.165) is 24.3 Å². The molecule has 0 heterocycles. The summed E-state index contributed by atoms with van der Waals surface area (Å²) in [6.07, 6.45) is -4.12. The zero-order valence-corrected chi connectivity index (χ0v) is 12.0. The fraction of sp³-hybridized carbons (Fsp3) is 0.417. The largest absolute Gasteiger partial charge is 0.406 e. The van der Waals surface area contributed by atoms with Crippen molar-refractivity contribution in [2.75, 3.05) is 13.1 Å². The third-order valence-electron chi connectivity index (χ3n) is 2.58. The van der Waals surface area contributed by atoms with Crippen LogP contribution in [0.4, 0.5) is 13.2 Å². The predicted molar refractivity (Wildman–Crippen MR) is 70.1 cm³/mol. The summed E-state index contributed by atoms with van der Waals surface area (Å²) in [6, 6.07) is 4.45. The lowest BCUT2D eigenvalue weighted by Gasteiger charge is -2.23. The first-order valence-corrected chi connectivity index (χ1v) is 7.58. The van der Waals surface area contributed by atoms with E-state index in [9.17, 15) is 26.4 Å². The summed E-state index contributed by atoms with van der Waals surface area (Å²) in [6.45, 7) is 0.257. The van der Waals surface area contributed by atoms with Gasteiger partial charge in [0.1, 0.15) is 6.54 Å². The summed E-state index contributed by atoms with van der Waals surface area (Å²) in [4.78, 5) is 12.5. The van der Waals surface area contributed by atoms with Gasteiger partial charge in [0.15, 0.2) is 0 Å². The molecule has 0 aliphatic heterocycles. The monoisotopic (exact) mass is 324 g/mol. The number of sulfonamides is 1. The number of rotatable bonds is 5. The van der Waals surface area contributed by atoms with Crippen molar-refractivity contribution < 1.29 is 26.4 Å². The van der Waals surface area contributed by atoms with Crippen LogP contribution in [0.1, 0.15) is 23.7 Å². The van der Waals surface area contributed by atoms with Crippen LogP contribution in [0.3, 0.4) is 0 Å². The van der Waals surface area contributed by atoms with E-state index >= 15 is 0 Å². The molecule has 0 aliphatic carbocycles. The number of halogens is 3. The summed E-state index contributed by atoms with van der Waals surface area (Å²) in [7, 11) is -3.91. The Balaban J connectivity index is 2.99. The second kappa shape index (κ2) is 6.44. The molecule has 0 atom stereocenters. The maximum atomic E-state index is 12.4. The van der Waals surface area contributed by atoms with E-state index in [1.807, 2.05) is 0 Å². The molecule has 5 nitrogen and oxygen atoms in total. The molecule has 21 heavy (non-hydrogen) atoms. The highest BCUT2D eigenvalue weighted by atomic mass is 32.2. The standard InChI is InChI=1S/C12H15F3N2O3S/c1-2-7-17(8-12(13,14)15)11(18)9-3-5-10(6-4-9)21(16,19)20/h3-6H,2,7-8H2,1H3,(H2,16,19,20). The van der Waals surface area contributed by atoms with Gasteiger partial charge in [-0.25, -0.2) is 13.6 Å². The first kappa shape index (κ1) is 17.4. The first-order chi connectivity index (χ1) is 9.54. The van der Waals surface area contributed by atoms with Gasteiger partial charge in [-0.05, 0) is 30.7 Å². The molecule has 0 fully saturated rings. The summed E-state index contributed by atoms with van der Waals surface area (Å²) >= 11 is 0. The normalized spacial score (nSPS) is 12.2. The Labute approximate surface area is 120 Å². The maximum absolute atomic E-state index is 12.4. The van der Waals surface area contributed by atoms with E-state index < -0.39 is 28.7 Å². The van der Waals surface area contributed by atoms with Gasteiger partial charge in [-0.3, -0.25) is 4.79 Å². The molecule has 1 amide bonds. The van der Waals surface area contributed by atoms with Crippen molar-refractivity contribution in [3.05, 3.63) is 29.8 Å². The van der Waals surface area contributed by atoms with Crippen molar-refractivity contribution in [3.8, 4) is 0 Å². The summed E-state index contributed by atoms with van der Waals surface area (Å²) in [5.74, 6) is -0.810. The average Bonchev–Trinajstić information content (AvgIpc) is 2.35. The molecule has 0 bridgehead atoms. The van der Waals surface area contributed by atoms with E-state index in [2.05, 4.69) is 0 Å². The van der Waals surface area contributed by atoms with E-state index in [0.29, 0.717) is 11.3 Å². The molecular formula is C12H15F3N2O3S. The molecule has 0 unspecified atom stereocenters. The first-order valence-electron chi connectivity index (χ1n) is 6.03. The number of hydrogen-bond acceptors (Lipinski definition) is 3. The van der Waals surface area contributed by atoms with Gasteiger partial charge < -0.3 is 4.90 Å². The number of alkyl halides is 3. The minimum Gasteiger partial charge on any atom is -0.330 e. The third-order valence-corrected chi connectivity index (χ3v) is 3.51. The van der Waals surface area contributed by atoms with Gasteiger partial charge >= 0.3 is 6.18 Å². The Morgan fingerprint density at radius 2 is 1.76 bits per heavy atom. The fourth-order valence-corrected chi connectivity index (χ4v) is 2.22. The van der Waals surface area contributed by atoms with E-state index in [-0.39, 0.29) is 17.0 Å². The van der Waals surface area contributed by atoms with Crippen LogP contribution in [0.25, 0.3) is 0 Å². The Kier molecular flexibility index (Phi) is 5.35. The van der Waals surface area contributed by atoms with E-state index in [1.54, 1.807) is 6.92 Å².